The van der Waals surface area contributed by atoms with E-state index in [1.807, 2.05) is 0 Å². The van der Waals surface area contributed by atoms with Crippen molar-refractivity contribution in [2.75, 3.05) is 7.11 Å². The first-order valence-electron chi connectivity index (χ1n) is 6.07. The van der Waals surface area contributed by atoms with Crippen LogP contribution < -0.4 is 0 Å². The number of aromatic nitrogens is 4. The summed E-state index contributed by atoms with van der Waals surface area (Å²) in [4.78, 5) is 15.7. The Bertz CT molecular complexity index is 602. The van der Waals surface area contributed by atoms with Gasteiger partial charge in [-0.25, -0.2) is 9.48 Å². The fourth-order valence-electron chi connectivity index (χ4n) is 1.82. The van der Waals surface area contributed by atoms with Crippen LogP contribution in [0.4, 0.5) is 0 Å². The van der Waals surface area contributed by atoms with E-state index < -0.39 is 11.6 Å². The summed E-state index contributed by atoms with van der Waals surface area (Å²) in [6.45, 7) is 3.51. The zero-order chi connectivity index (χ0) is 14.8. The highest BCUT2D eigenvalue weighted by atomic mass is 16.5. The van der Waals surface area contributed by atoms with Crippen LogP contribution in [0.25, 0.3) is 11.3 Å². The number of hydrogen-bond acceptors (Lipinski definition) is 6. The molecule has 0 fully saturated rings. The molecule has 2 aromatic heterocycles. The molecule has 0 aliphatic carbocycles. The molecule has 7 heteroatoms. The molecule has 0 aromatic carbocycles. The first-order valence-corrected chi connectivity index (χ1v) is 6.07. The predicted octanol–water partition coefficient (Wildman–Crippen LogP) is 0.898. The highest BCUT2D eigenvalue weighted by molar-refractivity contribution is 5.93. The van der Waals surface area contributed by atoms with Crippen molar-refractivity contribution < 1.29 is 14.6 Å². The van der Waals surface area contributed by atoms with Gasteiger partial charge in [-0.1, -0.05) is 5.21 Å². The molecular weight excluding hydrogens is 260 g/mol. The second kappa shape index (κ2) is 5.38. The maximum atomic E-state index is 11.8. The molecule has 2 heterocycles. The van der Waals surface area contributed by atoms with Crippen molar-refractivity contribution in [2.45, 2.75) is 26.0 Å². The maximum absolute atomic E-state index is 11.8. The zero-order valence-corrected chi connectivity index (χ0v) is 11.6. The quantitative estimate of drug-likeness (QED) is 0.834. The molecule has 20 heavy (non-hydrogen) atoms. The van der Waals surface area contributed by atoms with Crippen LogP contribution in [0, 0.1) is 0 Å². The van der Waals surface area contributed by atoms with Gasteiger partial charge in [0.15, 0.2) is 5.69 Å². The van der Waals surface area contributed by atoms with Crippen LogP contribution in [-0.2, 0) is 11.3 Å². The summed E-state index contributed by atoms with van der Waals surface area (Å²) in [5.74, 6) is -0.571. The molecule has 0 saturated carbocycles. The molecule has 0 saturated heterocycles. The van der Waals surface area contributed by atoms with Gasteiger partial charge in [-0.15, -0.1) is 5.10 Å². The van der Waals surface area contributed by atoms with Crippen molar-refractivity contribution in [2.24, 2.45) is 0 Å². The van der Waals surface area contributed by atoms with Gasteiger partial charge in [-0.2, -0.15) is 0 Å². The Morgan fingerprint density at radius 2 is 2.05 bits per heavy atom. The summed E-state index contributed by atoms with van der Waals surface area (Å²) in [6, 6.07) is 3.48. The van der Waals surface area contributed by atoms with Crippen molar-refractivity contribution >= 4 is 5.97 Å². The van der Waals surface area contributed by atoms with Crippen LogP contribution in [0.5, 0.6) is 0 Å². The summed E-state index contributed by atoms with van der Waals surface area (Å²) in [6.07, 6.45) is 3.22. The molecule has 2 rings (SSSR count). The third kappa shape index (κ3) is 3.00. The number of ether oxygens (including phenoxy) is 1. The van der Waals surface area contributed by atoms with Gasteiger partial charge in [0.05, 0.1) is 19.3 Å². The van der Waals surface area contributed by atoms with Crippen LogP contribution >= 0.6 is 0 Å². The summed E-state index contributed by atoms with van der Waals surface area (Å²) >= 11 is 0. The maximum Gasteiger partial charge on any atom is 0.360 e. The van der Waals surface area contributed by atoms with E-state index in [-0.39, 0.29) is 12.2 Å². The second-order valence-corrected chi connectivity index (χ2v) is 4.98. The van der Waals surface area contributed by atoms with E-state index in [1.54, 1.807) is 38.4 Å². The number of methoxy groups -OCH3 is 1. The lowest BCUT2D eigenvalue weighted by atomic mass is 10.1. The van der Waals surface area contributed by atoms with Crippen LogP contribution in [0.15, 0.2) is 24.5 Å². The zero-order valence-electron chi connectivity index (χ0n) is 11.6. The van der Waals surface area contributed by atoms with E-state index in [1.165, 1.54) is 11.8 Å². The molecule has 0 unspecified atom stereocenters. The largest absolute Gasteiger partial charge is 0.464 e. The monoisotopic (exact) mass is 276 g/mol. The van der Waals surface area contributed by atoms with Gasteiger partial charge in [0.1, 0.15) is 5.69 Å². The minimum atomic E-state index is -0.983. The number of aliphatic hydroxyl groups is 1. The van der Waals surface area contributed by atoms with Crippen LogP contribution in [0.3, 0.4) is 0 Å². The molecule has 0 radical (unpaired) electrons. The number of hydrogen-bond donors (Lipinski definition) is 1. The first-order chi connectivity index (χ1) is 9.42. The molecule has 0 bridgehead atoms. The first kappa shape index (κ1) is 14.1. The number of pyridine rings is 1. The van der Waals surface area contributed by atoms with Crippen LogP contribution in [0.1, 0.15) is 24.3 Å². The Morgan fingerprint density at radius 1 is 1.40 bits per heavy atom. The number of carbonyl (C=O) groups excluding carboxylic acids is 1. The number of nitrogens with zero attached hydrogens (tertiary/aromatic N) is 4. The van der Waals surface area contributed by atoms with Gasteiger partial charge >= 0.3 is 5.97 Å². The van der Waals surface area contributed by atoms with Gasteiger partial charge in [0, 0.05) is 18.0 Å². The minimum absolute atomic E-state index is 0.114. The average Bonchev–Trinajstić information content (AvgIpc) is 2.80. The Balaban J connectivity index is 2.54. The highest BCUT2D eigenvalue weighted by Crippen LogP contribution is 2.23. The molecule has 0 amide bonds. The van der Waals surface area contributed by atoms with E-state index in [0.29, 0.717) is 5.69 Å². The van der Waals surface area contributed by atoms with Gasteiger partial charge < -0.3 is 9.84 Å². The molecule has 2 aromatic rings. The minimum Gasteiger partial charge on any atom is -0.464 e. The lowest BCUT2D eigenvalue weighted by Crippen LogP contribution is -2.27. The fraction of sp³-hybridized carbons (Fsp3) is 0.385. The van der Waals surface area contributed by atoms with E-state index in [0.717, 1.165) is 5.56 Å². The molecule has 0 atom stereocenters. The van der Waals surface area contributed by atoms with Crippen molar-refractivity contribution in [3.8, 4) is 11.3 Å². The molecule has 0 aliphatic rings. The third-order valence-electron chi connectivity index (χ3n) is 2.60. The second-order valence-electron chi connectivity index (χ2n) is 4.98. The molecule has 106 valence electrons. The summed E-state index contributed by atoms with van der Waals surface area (Å²) in [5.41, 5.74) is 0.363. The van der Waals surface area contributed by atoms with Gasteiger partial charge in [0.2, 0.25) is 0 Å². The topological polar surface area (TPSA) is 90.1 Å². The van der Waals surface area contributed by atoms with Gasteiger partial charge in [-0.3, -0.25) is 4.98 Å². The Morgan fingerprint density at radius 3 is 2.60 bits per heavy atom. The summed E-state index contributed by atoms with van der Waals surface area (Å²) in [7, 11) is 1.29. The van der Waals surface area contributed by atoms with Gasteiger partial charge in [0.25, 0.3) is 0 Å². The predicted molar refractivity (Wildman–Crippen MR) is 70.9 cm³/mol. The normalized spacial score (nSPS) is 11.4. The van der Waals surface area contributed by atoms with Crippen molar-refractivity contribution in [1.82, 2.24) is 20.0 Å². The number of rotatable bonds is 4. The standard InChI is InChI=1S/C13H16N4O3/c1-13(2,19)8-17-11(9-4-6-14-7-5-9)10(15-16-17)12(18)20-3/h4-7,19H,8H2,1-3H3. The smallest absolute Gasteiger partial charge is 0.360 e. The Labute approximate surface area is 116 Å². The van der Waals surface area contributed by atoms with Crippen molar-refractivity contribution in [3.63, 3.8) is 0 Å². The lowest BCUT2D eigenvalue weighted by molar-refractivity contribution is 0.0569. The molecule has 7 nitrogen and oxygen atoms in total. The van der Waals surface area contributed by atoms with E-state index in [2.05, 4.69) is 15.3 Å². The SMILES string of the molecule is COC(=O)c1nnn(CC(C)(C)O)c1-c1ccncc1. The summed E-state index contributed by atoms with van der Waals surface area (Å²) in [5, 5.41) is 17.7. The molecule has 0 spiro atoms. The third-order valence-corrected chi connectivity index (χ3v) is 2.60. The van der Waals surface area contributed by atoms with Crippen LogP contribution in [0.2, 0.25) is 0 Å². The fourth-order valence-corrected chi connectivity index (χ4v) is 1.82. The average molecular weight is 276 g/mol. The van der Waals surface area contributed by atoms with E-state index in [9.17, 15) is 9.90 Å². The molecular formula is C13H16N4O3. The van der Waals surface area contributed by atoms with E-state index in [4.69, 9.17) is 4.74 Å². The lowest BCUT2D eigenvalue weighted by Gasteiger charge is -2.18. The highest BCUT2D eigenvalue weighted by Gasteiger charge is 2.25. The van der Waals surface area contributed by atoms with Crippen molar-refractivity contribution in [1.29, 1.82) is 0 Å². The molecule has 0 aliphatic heterocycles. The van der Waals surface area contributed by atoms with E-state index >= 15 is 0 Å². The Kier molecular flexibility index (Phi) is 3.80. The summed E-state index contributed by atoms with van der Waals surface area (Å²) < 4.78 is 6.20. The Hall–Kier alpha value is -2.28. The van der Waals surface area contributed by atoms with Crippen molar-refractivity contribution in [3.05, 3.63) is 30.2 Å². The van der Waals surface area contributed by atoms with Gasteiger partial charge in [-0.05, 0) is 26.0 Å². The molecule has 1 N–H and O–H groups in total. The van der Waals surface area contributed by atoms with Crippen LogP contribution in [-0.4, -0.2) is 43.8 Å². The number of esters is 1. The number of carbonyl (C=O) groups is 1.